The van der Waals surface area contributed by atoms with E-state index < -0.39 is 0 Å². The zero-order valence-corrected chi connectivity index (χ0v) is 16.4. The van der Waals surface area contributed by atoms with Crippen LogP contribution in [0.25, 0.3) is 0 Å². The van der Waals surface area contributed by atoms with E-state index >= 15 is 0 Å². The van der Waals surface area contributed by atoms with Crippen molar-refractivity contribution in [2.45, 2.75) is 39.3 Å². The van der Waals surface area contributed by atoms with Crippen LogP contribution in [-0.4, -0.2) is 30.5 Å². The van der Waals surface area contributed by atoms with Gasteiger partial charge in [-0.15, -0.1) is 0 Å². The van der Waals surface area contributed by atoms with Crippen LogP contribution >= 0.6 is 0 Å². The van der Waals surface area contributed by atoms with E-state index in [1.807, 2.05) is 44.2 Å². The third-order valence-electron chi connectivity index (χ3n) is 5.28. The smallest absolute Gasteiger partial charge is 0.223 e. The monoisotopic (exact) mass is 366 g/mol. The molecule has 144 valence electrons. The molecule has 1 amide bonds. The van der Waals surface area contributed by atoms with Crippen molar-refractivity contribution in [1.82, 2.24) is 10.2 Å². The van der Waals surface area contributed by atoms with Crippen molar-refractivity contribution in [2.75, 3.05) is 19.7 Å². The van der Waals surface area contributed by atoms with E-state index in [4.69, 9.17) is 4.74 Å². The summed E-state index contributed by atoms with van der Waals surface area (Å²) >= 11 is 0. The molecule has 0 saturated carbocycles. The number of rotatable bonds is 7. The van der Waals surface area contributed by atoms with Gasteiger partial charge in [-0.25, -0.2) is 0 Å². The van der Waals surface area contributed by atoms with E-state index in [2.05, 4.69) is 34.5 Å². The summed E-state index contributed by atoms with van der Waals surface area (Å²) in [7, 11) is 0. The summed E-state index contributed by atoms with van der Waals surface area (Å²) in [4.78, 5) is 15.1. The predicted octanol–water partition coefficient (Wildman–Crippen LogP) is 4.17. The summed E-state index contributed by atoms with van der Waals surface area (Å²) < 4.78 is 5.73. The molecule has 4 heteroatoms. The maximum atomic E-state index is 12.6. The lowest BCUT2D eigenvalue weighted by Gasteiger charge is -2.32. The van der Waals surface area contributed by atoms with Crippen LogP contribution in [0.5, 0.6) is 5.75 Å². The molecular formula is C23H30N2O2. The highest BCUT2D eigenvalue weighted by Gasteiger charge is 2.26. The molecule has 0 aromatic heterocycles. The van der Waals surface area contributed by atoms with Crippen molar-refractivity contribution < 1.29 is 9.53 Å². The lowest BCUT2D eigenvalue weighted by molar-refractivity contribution is -0.127. The fraction of sp³-hybridized carbons (Fsp3) is 0.435. The fourth-order valence-corrected chi connectivity index (χ4v) is 3.68. The van der Waals surface area contributed by atoms with Gasteiger partial charge in [-0.05, 0) is 51.4 Å². The number of piperidine rings is 1. The average Bonchev–Trinajstić information content (AvgIpc) is 2.71. The highest BCUT2D eigenvalue weighted by Crippen LogP contribution is 2.24. The molecule has 0 bridgehead atoms. The SMILES string of the molecule is CCOc1ccccc1CN1CCC(C(=O)N[C@@H](C)c2ccccc2)CC1. The molecule has 2 aromatic carbocycles. The minimum absolute atomic E-state index is 0.0507. The minimum Gasteiger partial charge on any atom is -0.494 e. The molecule has 4 nitrogen and oxygen atoms in total. The number of para-hydroxylation sites is 1. The fourth-order valence-electron chi connectivity index (χ4n) is 3.68. The van der Waals surface area contributed by atoms with Crippen LogP contribution in [0.4, 0.5) is 0 Å². The lowest BCUT2D eigenvalue weighted by Crippen LogP contribution is -2.40. The molecule has 1 atom stereocenters. The lowest BCUT2D eigenvalue weighted by atomic mass is 9.94. The number of nitrogens with one attached hydrogen (secondary N) is 1. The molecule has 1 aliphatic heterocycles. The first-order chi connectivity index (χ1) is 13.2. The quantitative estimate of drug-likeness (QED) is 0.799. The Bertz CT molecular complexity index is 724. The Hall–Kier alpha value is -2.33. The van der Waals surface area contributed by atoms with Crippen LogP contribution in [0.15, 0.2) is 54.6 Å². The number of amides is 1. The first-order valence-electron chi connectivity index (χ1n) is 9.95. The molecule has 1 fully saturated rings. The van der Waals surface area contributed by atoms with Crippen molar-refractivity contribution in [3.8, 4) is 5.75 Å². The summed E-state index contributed by atoms with van der Waals surface area (Å²) in [6, 6.07) is 18.4. The van der Waals surface area contributed by atoms with E-state index in [9.17, 15) is 4.79 Å². The number of nitrogens with zero attached hydrogens (tertiary/aromatic N) is 1. The zero-order chi connectivity index (χ0) is 19.1. The highest BCUT2D eigenvalue weighted by molar-refractivity contribution is 5.79. The second-order valence-corrected chi connectivity index (χ2v) is 7.23. The van der Waals surface area contributed by atoms with Crippen molar-refractivity contribution in [1.29, 1.82) is 0 Å². The normalized spacial score (nSPS) is 16.7. The van der Waals surface area contributed by atoms with Gasteiger partial charge in [0.1, 0.15) is 5.75 Å². The number of benzene rings is 2. The highest BCUT2D eigenvalue weighted by atomic mass is 16.5. The summed E-state index contributed by atoms with van der Waals surface area (Å²) in [5, 5.41) is 3.18. The minimum atomic E-state index is 0.0507. The summed E-state index contributed by atoms with van der Waals surface area (Å²) in [5.41, 5.74) is 2.37. The van der Waals surface area contributed by atoms with Crippen LogP contribution in [0.2, 0.25) is 0 Å². The van der Waals surface area contributed by atoms with Crippen LogP contribution < -0.4 is 10.1 Å². The van der Waals surface area contributed by atoms with Gasteiger partial charge in [-0.2, -0.15) is 0 Å². The van der Waals surface area contributed by atoms with E-state index in [0.29, 0.717) is 6.61 Å². The average molecular weight is 367 g/mol. The van der Waals surface area contributed by atoms with Crippen LogP contribution in [-0.2, 0) is 11.3 Å². The molecule has 27 heavy (non-hydrogen) atoms. The van der Waals surface area contributed by atoms with Gasteiger partial charge in [0.2, 0.25) is 5.91 Å². The Labute approximate surface area is 162 Å². The molecule has 0 spiro atoms. The molecule has 3 rings (SSSR count). The van der Waals surface area contributed by atoms with Gasteiger partial charge in [0.05, 0.1) is 12.6 Å². The summed E-state index contributed by atoms with van der Waals surface area (Å²) in [6.45, 7) is 7.50. The number of hydrogen-bond acceptors (Lipinski definition) is 3. The summed E-state index contributed by atoms with van der Waals surface area (Å²) in [6.07, 6.45) is 1.81. The van der Waals surface area contributed by atoms with Crippen LogP contribution in [0, 0.1) is 5.92 Å². The number of ether oxygens (including phenoxy) is 1. The third kappa shape index (κ3) is 5.33. The number of likely N-dealkylation sites (tertiary alicyclic amines) is 1. The zero-order valence-electron chi connectivity index (χ0n) is 16.4. The van der Waals surface area contributed by atoms with Gasteiger partial charge in [0.25, 0.3) is 0 Å². The van der Waals surface area contributed by atoms with Gasteiger partial charge >= 0.3 is 0 Å². The third-order valence-corrected chi connectivity index (χ3v) is 5.28. The van der Waals surface area contributed by atoms with Gasteiger partial charge in [0.15, 0.2) is 0 Å². The van der Waals surface area contributed by atoms with Crippen LogP contribution in [0.1, 0.15) is 43.9 Å². The van der Waals surface area contributed by atoms with Crippen LogP contribution in [0.3, 0.4) is 0 Å². The Balaban J connectivity index is 1.49. The Morgan fingerprint density at radius 2 is 1.78 bits per heavy atom. The second kappa shape index (κ2) is 9.56. The number of carbonyl (C=O) groups excluding carboxylic acids is 1. The van der Waals surface area contributed by atoms with E-state index in [-0.39, 0.29) is 17.9 Å². The topological polar surface area (TPSA) is 41.6 Å². The molecule has 0 radical (unpaired) electrons. The van der Waals surface area contributed by atoms with Crippen molar-refractivity contribution in [3.63, 3.8) is 0 Å². The maximum Gasteiger partial charge on any atom is 0.223 e. The molecule has 2 aromatic rings. The number of carbonyl (C=O) groups is 1. The predicted molar refractivity (Wildman–Crippen MR) is 109 cm³/mol. The largest absolute Gasteiger partial charge is 0.494 e. The standard InChI is InChI=1S/C23H30N2O2/c1-3-27-22-12-8-7-11-21(22)17-25-15-13-20(14-16-25)23(26)24-18(2)19-9-5-4-6-10-19/h4-12,18,20H,3,13-17H2,1-2H3,(H,24,26)/t18-/m0/s1. The second-order valence-electron chi connectivity index (χ2n) is 7.23. The van der Waals surface area contributed by atoms with E-state index in [0.717, 1.165) is 43.8 Å². The number of hydrogen-bond donors (Lipinski definition) is 1. The van der Waals surface area contributed by atoms with Crippen molar-refractivity contribution in [3.05, 3.63) is 65.7 Å². The Kier molecular flexibility index (Phi) is 6.88. The molecule has 0 aliphatic carbocycles. The first-order valence-corrected chi connectivity index (χ1v) is 9.95. The molecule has 1 saturated heterocycles. The molecule has 1 heterocycles. The van der Waals surface area contributed by atoms with Crippen molar-refractivity contribution >= 4 is 5.91 Å². The van der Waals surface area contributed by atoms with E-state index in [1.165, 1.54) is 5.56 Å². The van der Waals surface area contributed by atoms with Gasteiger partial charge in [-0.3, -0.25) is 9.69 Å². The van der Waals surface area contributed by atoms with E-state index in [1.54, 1.807) is 0 Å². The summed E-state index contributed by atoms with van der Waals surface area (Å²) in [5.74, 6) is 1.26. The van der Waals surface area contributed by atoms with Gasteiger partial charge in [-0.1, -0.05) is 48.5 Å². The molecule has 1 N–H and O–H groups in total. The van der Waals surface area contributed by atoms with Crippen molar-refractivity contribution in [2.24, 2.45) is 5.92 Å². The Morgan fingerprint density at radius 3 is 2.48 bits per heavy atom. The molecule has 0 unspecified atom stereocenters. The van der Waals surface area contributed by atoms with Gasteiger partial charge in [0, 0.05) is 18.0 Å². The molecular weight excluding hydrogens is 336 g/mol. The first kappa shape index (κ1) is 19.4. The van der Waals surface area contributed by atoms with Gasteiger partial charge < -0.3 is 10.1 Å². The molecule has 1 aliphatic rings. The maximum absolute atomic E-state index is 12.6. The Morgan fingerprint density at radius 1 is 1.11 bits per heavy atom.